The van der Waals surface area contributed by atoms with Crippen LogP contribution >= 0.6 is 11.6 Å². The van der Waals surface area contributed by atoms with Crippen molar-refractivity contribution in [2.24, 2.45) is 5.92 Å². The third kappa shape index (κ3) is 5.28. The van der Waals surface area contributed by atoms with E-state index in [9.17, 15) is 5.11 Å². The van der Waals surface area contributed by atoms with Gasteiger partial charge in [0.1, 0.15) is 0 Å². The lowest BCUT2D eigenvalue weighted by Crippen LogP contribution is -2.14. The fraction of sp³-hybridized carbons (Fsp3) is 0.778. The Kier molecular flexibility index (Phi) is 6.68. The summed E-state index contributed by atoms with van der Waals surface area (Å²) >= 11 is 5.50. The summed E-state index contributed by atoms with van der Waals surface area (Å²) < 4.78 is 0. The van der Waals surface area contributed by atoms with Gasteiger partial charge in [0.15, 0.2) is 0 Å². The van der Waals surface area contributed by atoms with E-state index in [1.807, 2.05) is 6.92 Å². The molecule has 0 radical (unpaired) electrons. The topological polar surface area (TPSA) is 20.2 Å². The van der Waals surface area contributed by atoms with Crippen molar-refractivity contribution in [2.45, 2.75) is 32.3 Å². The maximum atomic E-state index is 9.43. The van der Waals surface area contributed by atoms with Crippen LogP contribution in [0.4, 0.5) is 0 Å². The van der Waals surface area contributed by atoms with Crippen molar-refractivity contribution in [2.75, 3.05) is 5.88 Å². The minimum Gasteiger partial charge on any atom is -0.393 e. The van der Waals surface area contributed by atoms with Crippen LogP contribution in [0.15, 0.2) is 12.7 Å². The second-order valence-electron chi connectivity index (χ2n) is 2.85. The Labute approximate surface area is 74.1 Å². The Morgan fingerprint density at radius 3 is 2.64 bits per heavy atom. The molecule has 0 fully saturated rings. The summed E-state index contributed by atoms with van der Waals surface area (Å²) in [6.45, 7) is 5.59. The fourth-order valence-corrected chi connectivity index (χ4v) is 1.06. The Bertz CT molecular complexity index is 104. The smallest absolute Gasteiger partial charge is 0.0600 e. The second kappa shape index (κ2) is 6.68. The van der Waals surface area contributed by atoms with Gasteiger partial charge in [0.25, 0.3) is 0 Å². The van der Waals surface area contributed by atoms with Gasteiger partial charge in [0, 0.05) is 5.88 Å². The highest BCUT2D eigenvalue weighted by Crippen LogP contribution is 2.11. The van der Waals surface area contributed by atoms with Gasteiger partial charge in [-0.15, -0.1) is 18.2 Å². The molecule has 0 saturated heterocycles. The SMILES string of the molecule is C=CC(C)C(O)CCCCCl. The second-order valence-corrected chi connectivity index (χ2v) is 3.22. The monoisotopic (exact) mass is 176 g/mol. The average molecular weight is 177 g/mol. The van der Waals surface area contributed by atoms with Gasteiger partial charge in [-0.25, -0.2) is 0 Å². The van der Waals surface area contributed by atoms with Crippen LogP contribution in [-0.4, -0.2) is 17.1 Å². The van der Waals surface area contributed by atoms with Gasteiger partial charge in [0.05, 0.1) is 6.10 Å². The first-order valence-corrected chi connectivity index (χ1v) is 4.62. The van der Waals surface area contributed by atoms with Gasteiger partial charge >= 0.3 is 0 Å². The van der Waals surface area contributed by atoms with Crippen molar-refractivity contribution >= 4 is 11.6 Å². The molecule has 0 aromatic carbocycles. The molecule has 0 aliphatic heterocycles. The van der Waals surface area contributed by atoms with E-state index in [2.05, 4.69) is 6.58 Å². The van der Waals surface area contributed by atoms with E-state index in [4.69, 9.17) is 11.6 Å². The van der Waals surface area contributed by atoms with Crippen LogP contribution in [0.25, 0.3) is 0 Å². The Hall–Kier alpha value is -0.0100. The standard InChI is InChI=1S/C9H17ClO/c1-3-8(2)9(11)6-4-5-7-10/h3,8-9,11H,1,4-7H2,2H3. The Morgan fingerprint density at radius 1 is 1.55 bits per heavy atom. The highest BCUT2D eigenvalue weighted by molar-refractivity contribution is 6.17. The number of halogens is 1. The van der Waals surface area contributed by atoms with E-state index >= 15 is 0 Å². The molecule has 2 unspecified atom stereocenters. The molecule has 11 heavy (non-hydrogen) atoms. The molecule has 1 nitrogen and oxygen atoms in total. The zero-order valence-corrected chi connectivity index (χ0v) is 7.85. The normalized spacial score (nSPS) is 15.9. The van der Waals surface area contributed by atoms with Crippen LogP contribution in [0, 0.1) is 5.92 Å². The summed E-state index contributed by atoms with van der Waals surface area (Å²) in [6, 6.07) is 0. The van der Waals surface area contributed by atoms with E-state index < -0.39 is 0 Å². The van der Waals surface area contributed by atoms with Crippen LogP contribution in [0.5, 0.6) is 0 Å². The summed E-state index contributed by atoms with van der Waals surface area (Å²) in [5, 5.41) is 9.43. The molecule has 1 N–H and O–H groups in total. The van der Waals surface area contributed by atoms with Crippen molar-refractivity contribution in [1.29, 1.82) is 0 Å². The number of aliphatic hydroxyl groups excluding tert-OH is 1. The minimum atomic E-state index is -0.240. The maximum absolute atomic E-state index is 9.43. The largest absolute Gasteiger partial charge is 0.393 e. The molecule has 0 bridgehead atoms. The van der Waals surface area contributed by atoms with Gasteiger partial charge in [0.2, 0.25) is 0 Å². The molecule has 66 valence electrons. The quantitative estimate of drug-likeness (QED) is 0.375. The number of hydrogen-bond acceptors (Lipinski definition) is 1. The zero-order valence-electron chi connectivity index (χ0n) is 7.09. The van der Waals surface area contributed by atoms with Crippen LogP contribution in [-0.2, 0) is 0 Å². The summed E-state index contributed by atoms with van der Waals surface area (Å²) in [5.41, 5.74) is 0. The van der Waals surface area contributed by atoms with E-state index in [-0.39, 0.29) is 12.0 Å². The van der Waals surface area contributed by atoms with Crippen LogP contribution in [0.1, 0.15) is 26.2 Å². The highest BCUT2D eigenvalue weighted by atomic mass is 35.5. The molecule has 0 rings (SSSR count). The molecule has 2 atom stereocenters. The lowest BCUT2D eigenvalue weighted by molar-refractivity contribution is 0.126. The molecule has 0 saturated carbocycles. The first-order chi connectivity index (χ1) is 5.22. The van der Waals surface area contributed by atoms with Crippen molar-refractivity contribution in [3.8, 4) is 0 Å². The van der Waals surface area contributed by atoms with Crippen molar-refractivity contribution in [3.05, 3.63) is 12.7 Å². The van der Waals surface area contributed by atoms with Gasteiger partial charge in [-0.2, -0.15) is 0 Å². The lowest BCUT2D eigenvalue weighted by Gasteiger charge is -2.13. The van der Waals surface area contributed by atoms with Gasteiger partial charge in [-0.3, -0.25) is 0 Å². The van der Waals surface area contributed by atoms with Crippen LogP contribution in [0.3, 0.4) is 0 Å². The third-order valence-corrected chi connectivity index (χ3v) is 2.13. The van der Waals surface area contributed by atoms with E-state index in [0.717, 1.165) is 19.3 Å². The van der Waals surface area contributed by atoms with Crippen molar-refractivity contribution < 1.29 is 5.11 Å². The summed E-state index contributed by atoms with van der Waals surface area (Å²) in [6.07, 6.45) is 4.37. The number of alkyl halides is 1. The fourth-order valence-electron chi connectivity index (χ4n) is 0.868. The Balaban J connectivity index is 3.35. The molecule has 0 amide bonds. The molecule has 0 aromatic heterocycles. The van der Waals surface area contributed by atoms with E-state index in [1.54, 1.807) is 6.08 Å². The molecular weight excluding hydrogens is 160 g/mol. The minimum absolute atomic E-state index is 0.199. The molecule has 0 aliphatic carbocycles. The van der Waals surface area contributed by atoms with E-state index in [0.29, 0.717) is 5.88 Å². The number of aliphatic hydroxyl groups is 1. The number of hydrogen-bond donors (Lipinski definition) is 1. The summed E-state index contributed by atoms with van der Waals surface area (Å²) in [7, 11) is 0. The maximum Gasteiger partial charge on any atom is 0.0600 e. The lowest BCUT2D eigenvalue weighted by atomic mass is 10.0. The van der Waals surface area contributed by atoms with Crippen molar-refractivity contribution in [1.82, 2.24) is 0 Å². The molecular formula is C9H17ClO. The van der Waals surface area contributed by atoms with Crippen LogP contribution in [0.2, 0.25) is 0 Å². The summed E-state index contributed by atoms with van der Waals surface area (Å²) in [4.78, 5) is 0. The summed E-state index contributed by atoms with van der Waals surface area (Å²) in [5.74, 6) is 0.889. The molecule has 0 heterocycles. The zero-order chi connectivity index (χ0) is 8.69. The highest BCUT2D eigenvalue weighted by Gasteiger charge is 2.08. The van der Waals surface area contributed by atoms with E-state index in [1.165, 1.54) is 0 Å². The first-order valence-electron chi connectivity index (χ1n) is 4.09. The molecule has 0 aromatic rings. The average Bonchev–Trinajstić information content (AvgIpc) is 2.03. The predicted molar refractivity (Wildman–Crippen MR) is 49.9 cm³/mol. The predicted octanol–water partition coefficient (Wildman–Crippen LogP) is 2.58. The van der Waals surface area contributed by atoms with Gasteiger partial charge in [-0.1, -0.05) is 13.0 Å². The van der Waals surface area contributed by atoms with Gasteiger partial charge < -0.3 is 5.11 Å². The molecule has 0 aliphatic rings. The number of unbranched alkanes of at least 4 members (excludes halogenated alkanes) is 1. The van der Waals surface area contributed by atoms with Crippen molar-refractivity contribution in [3.63, 3.8) is 0 Å². The van der Waals surface area contributed by atoms with Crippen LogP contribution < -0.4 is 0 Å². The Morgan fingerprint density at radius 2 is 2.18 bits per heavy atom. The molecule has 2 heteroatoms. The first kappa shape index (κ1) is 11.0. The van der Waals surface area contributed by atoms with Gasteiger partial charge in [-0.05, 0) is 25.2 Å². The number of rotatable bonds is 6. The third-order valence-electron chi connectivity index (χ3n) is 1.86. The molecule has 0 spiro atoms.